The maximum Gasteiger partial charge on any atom is 0.232 e. The molecule has 7 nitrogen and oxygen atoms in total. The van der Waals surface area contributed by atoms with Gasteiger partial charge < -0.3 is 9.55 Å². The molecule has 1 fully saturated rings. The number of amides is 1. The molecule has 4 heterocycles. The number of anilines is 1. The molecule has 0 spiro atoms. The quantitative estimate of drug-likeness (QED) is 0.573. The monoisotopic (exact) mass is 400 g/mol. The van der Waals surface area contributed by atoms with Gasteiger partial charge in [-0.1, -0.05) is 24.3 Å². The molecule has 152 valence electrons. The second-order valence-electron chi connectivity index (χ2n) is 8.29. The van der Waals surface area contributed by atoms with Gasteiger partial charge in [0.1, 0.15) is 5.82 Å². The van der Waals surface area contributed by atoms with Crippen LogP contribution in [0.3, 0.4) is 0 Å². The third-order valence-corrected chi connectivity index (χ3v) is 6.44. The number of fused-ring (bicyclic) bond motifs is 4. The summed E-state index contributed by atoms with van der Waals surface area (Å²) >= 11 is 0. The number of rotatable bonds is 3. The van der Waals surface area contributed by atoms with Crippen LogP contribution in [0.15, 0.2) is 48.5 Å². The van der Waals surface area contributed by atoms with Crippen LogP contribution in [0.4, 0.5) is 5.95 Å². The minimum atomic E-state index is 0.0725. The van der Waals surface area contributed by atoms with E-state index in [4.69, 9.17) is 4.98 Å². The molecule has 30 heavy (non-hydrogen) atoms. The Bertz CT molecular complexity index is 1200. The highest BCUT2D eigenvalue weighted by molar-refractivity contribution is 5.96. The Labute approximate surface area is 174 Å². The Hall–Kier alpha value is -3.19. The number of imidazole rings is 2. The number of H-pyrrole nitrogens is 1. The molecular weight excluding hydrogens is 376 g/mol. The smallest absolute Gasteiger partial charge is 0.232 e. The number of nitrogens with one attached hydrogen (secondary N) is 1. The van der Waals surface area contributed by atoms with Crippen molar-refractivity contribution in [1.82, 2.24) is 24.4 Å². The molecule has 2 aliphatic rings. The summed E-state index contributed by atoms with van der Waals surface area (Å²) in [5, 5.41) is 0. The maximum atomic E-state index is 13.3. The molecule has 0 aliphatic carbocycles. The molecule has 0 radical (unpaired) electrons. The van der Waals surface area contributed by atoms with E-state index >= 15 is 0 Å². The van der Waals surface area contributed by atoms with E-state index < -0.39 is 0 Å². The van der Waals surface area contributed by atoms with Crippen molar-refractivity contribution < 1.29 is 4.79 Å². The Kier molecular flexibility index (Phi) is 4.09. The van der Waals surface area contributed by atoms with Gasteiger partial charge in [0.05, 0.1) is 28.6 Å². The molecule has 0 bridgehead atoms. The van der Waals surface area contributed by atoms with E-state index in [9.17, 15) is 4.79 Å². The van der Waals surface area contributed by atoms with E-state index in [1.165, 1.54) is 0 Å². The topological polar surface area (TPSA) is 70.1 Å². The number of carbonyl (C=O) groups is 1. The van der Waals surface area contributed by atoms with Crippen LogP contribution in [-0.2, 0) is 17.9 Å². The number of piperidine rings is 1. The summed E-state index contributed by atoms with van der Waals surface area (Å²) in [5.41, 5.74) is 4.16. The number of hydrogen-bond donors (Lipinski definition) is 1. The number of hydrogen-bond acceptors (Lipinski definition) is 4. The highest BCUT2D eigenvalue weighted by Gasteiger charge is 2.34. The average molecular weight is 400 g/mol. The zero-order valence-corrected chi connectivity index (χ0v) is 16.8. The number of carbonyl (C=O) groups excluding carboxylic acids is 1. The van der Waals surface area contributed by atoms with Gasteiger partial charge in [0, 0.05) is 19.0 Å². The van der Waals surface area contributed by atoms with Gasteiger partial charge in [-0.2, -0.15) is 0 Å². The lowest BCUT2D eigenvalue weighted by molar-refractivity contribution is -0.123. The lowest BCUT2D eigenvalue weighted by Gasteiger charge is -2.32. The predicted molar refractivity (Wildman–Crippen MR) is 116 cm³/mol. The van der Waals surface area contributed by atoms with Gasteiger partial charge in [0.15, 0.2) is 0 Å². The standard InChI is InChI=1S/C23H24N6O/c30-22(29-14-13-28-20-8-4-3-7-19(20)26-23(28)29)16-9-11-27(12-10-16)15-21-24-17-5-1-2-6-18(17)25-21/h1-8,16H,9-15H2,(H,24,25). The van der Waals surface area contributed by atoms with Crippen molar-refractivity contribution >= 4 is 33.9 Å². The maximum absolute atomic E-state index is 13.3. The van der Waals surface area contributed by atoms with Crippen molar-refractivity contribution in [2.75, 3.05) is 24.5 Å². The second-order valence-corrected chi connectivity index (χ2v) is 8.29. The molecule has 1 saturated heterocycles. The number of benzene rings is 2. The van der Waals surface area contributed by atoms with E-state index in [-0.39, 0.29) is 11.8 Å². The summed E-state index contributed by atoms with van der Waals surface area (Å²) in [6.07, 6.45) is 1.77. The van der Waals surface area contributed by atoms with Gasteiger partial charge in [-0.05, 0) is 50.2 Å². The number of nitrogens with zero attached hydrogens (tertiary/aromatic N) is 5. The van der Waals surface area contributed by atoms with Gasteiger partial charge in [-0.25, -0.2) is 9.97 Å². The lowest BCUT2D eigenvalue weighted by atomic mass is 9.95. The highest BCUT2D eigenvalue weighted by atomic mass is 16.2. The summed E-state index contributed by atoms with van der Waals surface area (Å²) in [7, 11) is 0. The first-order valence-corrected chi connectivity index (χ1v) is 10.7. The minimum Gasteiger partial charge on any atom is -0.341 e. The molecule has 6 rings (SSSR count). The van der Waals surface area contributed by atoms with Crippen LogP contribution in [-0.4, -0.2) is 50.0 Å². The number of aromatic nitrogens is 4. The van der Waals surface area contributed by atoms with Crippen molar-refractivity contribution in [2.24, 2.45) is 5.92 Å². The molecule has 0 saturated carbocycles. The van der Waals surface area contributed by atoms with Gasteiger partial charge in [-0.3, -0.25) is 14.6 Å². The molecule has 2 aromatic heterocycles. The largest absolute Gasteiger partial charge is 0.341 e. The van der Waals surface area contributed by atoms with Gasteiger partial charge in [0.25, 0.3) is 0 Å². The summed E-state index contributed by atoms with van der Waals surface area (Å²) in [4.78, 5) is 30.4. The van der Waals surface area contributed by atoms with Gasteiger partial charge >= 0.3 is 0 Å². The molecule has 2 aromatic carbocycles. The van der Waals surface area contributed by atoms with Crippen molar-refractivity contribution in [2.45, 2.75) is 25.9 Å². The van der Waals surface area contributed by atoms with Crippen LogP contribution in [0, 0.1) is 5.92 Å². The van der Waals surface area contributed by atoms with Crippen LogP contribution in [0.5, 0.6) is 0 Å². The molecule has 4 aromatic rings. The fourth-order valence-corrected chi connectivity index (χ4v) is 4.85. The van der Waals surface area contributed by atoms with Crippen LogP contribution < -0.4 is 4.90 Å². The Morgan fingerprint density at radius 2 is 1.70 bits per heavy atom. The van der Waals surface area contributed by atoms with E-state index in [0.29, 0.717) is 0 Å². The van der Waals surface area contributed by atoms with E-state index in [1.807, 2.05) is 41.3 Å². The third kappa shape index (κ3) is 2.89. The van der Waals surface area contributed by atoms with Crippen molar-refractivity contribution in [1.29, 1.82) is 0 Å². The lowest BCUT2D eigenvalue weighted by Crippen LogP contribution is -2.42. The summed E-state index contributed by atoms with van der Waals surface area (Å²) in [6.45, 7) is 4.18. The molecule has 2 aliphatic heterocycles. The molecular formula is C23H24N6O. The SMILES string of the molecule is O=C(C1CCN(Cc2nc3ccccc3[nH]2)CC1)N1CCn2c1nc1ccccc12. The summed E-state index contributed by atoms with van der Waals surface area (Å²) in [5.74, 6) is 2.11. The van der Waals surface area contributed by atoms with Gasteiger partial charge in [-0.15, -0.1) is 0 Å². The van der Waals surface area contributed by atoms with Crippen molar-refractivity contribution in [3.05, 3.63) is 54.4 Å². The van der Waals surface area contributed by atoms with Crippen LogP contribution in [0.1, 0.15) is 18.7 Å². The number of aromatic amines is 1. The molecule has 1 amide bonds. The Morgan fingerprint density at radius 3 is 2.53 bits per heavy atom. The molecule has 0 atom stereocenters. The minimum absolute atomic E-state index is 0.0725. The second kappa shape index (κ2) is 6.95. The van der Waals surface area contributed by atoms with Crippen molar-refractivity contribution in [3.63, 3.8) is 0 Å². The fraction of sp³-hybridized carbons (Fsp3) is 0.348. The fourth-order valence-electron chi connectivity index (χ4n) is 4.85. The van der Waals surface area contributed by atoms with E-state index in [2.05, 4.69) is 31.6 Å². The molecule has 0 unspecified atom stereocenters. The molecule has 1 N–H and O–H groups in total. The summed E-state index contributed by atoms with van der Waals surface area (Å²) in [6, 6.07) is 16.2. The highest BCUT2D eigenvalue weighted by Crippen LogP contribution is 2.30. The van der Waals surface area contributed by atoms with E-state index in [0.717, 1.165) is 79.4 Å². The Morgan fingerprint density at radius 1 is 0.933 bits per heavy atom. The zero-order valence-electron chi connectivity index (χ0n) is 16.8. The zero-order chi connectivity index (χ0) is 20.1. The van der Waals surface area contributed by atoms with Crippen molar-refractivity contribution in [3.8, 4) is 0 Å². The Balaban J connectivity index is 1.12. The van der Waals surface area contributed by atoms with Crippen LogP contribution in [0.25, 0.3) is 22.1 Å². The van der Waals surface area contributed by atoms with Gasteiger partial charge in [0.2, 0.25) is 11.9 Å². The van der Waals surface area contributed by atoms with Crippen LogP contribution in [0.2, 0.25) is 0 Å². The summed E-state index contributed by atoms with van der Waals surface area (Å²) < 4.78 is 2.17. The van der Waals surface area contributed by atoms with Crippen LogP contribution >= 0.6 is 0 Å². The number of para-hydroxylation sites is 4. The number of likely N-dealkylation sites (tertiary alicyclic amines) is 1. The van der Waals surface area contributed by atoms with E-state index in [1.54, 1.807) is 0 Å². The first-order valence-electron chi connectivity index (χ1n) is 10.7. The predicted octanol–water partition coefficient (Wildman–Crippen LogP) is 3.17. The first-order chi connectivity index (χ1) is 14.8. The molecule has 7 heteroatoms. The third-order valence-electron chi connectivity index (χ3n) is 6.44. The average Bonchev–Trinajstić information content (AvgIpc) is 3.46. The first kappa shape index (κ1) is 17.7. The normalized spacial score (nSPS) is 17.8.